The Balaban J connectivity index is 1.93. The minimum absolute atomic E-state index is 0.0572. The highest BCUT2D eigenvalue weighted by Gasteiger charge is 2.21. The fourth-order valence-corrected chi connectivity index (χ4v) is 2.14. The van der Waals surface area contributed by atoms with E-state index < -0.39 is 0 Å². The van der Waals surface area contributed by atoms with Crippen molar-refractivity contribution in [2.75, 3.05) is 13.1 Å². The molecule has 0 amide bonds. The van der Waals surface area contributed by atoms with Crippen LogP contribution < -0.4 is 0 Å². The fourth-order valence-electron chi connectivity index (χ4n) is 2.14. The second-order valence-corrected chi connectivity index (χ2v) is 6.33. The summed E-state index contributed by atoms with van der Waals surface area (Å²) in [6.45, 7) is 12.0. The third-order valence-electron chi connectivity index (χ3n) is 3.53. The molecule has 0 atom stereocenters. The molecule has 1 aromatic heterocycles. The van der Waals surface area contributed by atoms with Crippen molar-refractivity contribution >= 4 is 0 Å². The molecule has 2 rings (SSSR count). The number of aromatic nitrogens is 1. The molecule has 0 bridgehead atoms. The largest absolute Gasteiger partial charge is 0.444 e. The summed E-state index contributed by atoms with van der Waals surface area (Å²) in [6, 6.07) is 0. The predicted molar refractivity (Wildman–Crippen MR) is 68.9 cm³/mol. The molecule has 0 aromatic carbocycles. The van der Waals surface area contributed by atoms with E-state index in [1.54, 1.807) is 0 Å². The molecule has 0 unspecified atom stereocenters. The molecule has 1 aromatic rings. The average Bonchev–Trinajstić information content (AvgIpc) is 2.69. The van der Waals surface area contributed by atoms with Crippen LogP contribution >= 0.6 is 0 Å². The minimum atomic E-state index is 0.0572. The van der Waals surface area contributed by atoms with E-state index in [1.807, 2.05) is 6.20 Å². The van der Waals surface area contributed by atoms with Crippen LogP contribution in [-0.2, 0) is 12.0 Å². The molecule has 1 saturated heterocycles. The highest BCUT2D eigenvalue weighted by atomic mass is 16.4. The Kier molecular flexibility index (Phi) is 3.57. The lowest BCUT2D eigenvalue weighted by Crippen LogP contribution is -2.32. The summed E-state index contributed by atoms with van der Waals surface area (Å²) in [7, 11) is 0. The van der Waals surface area contributed by atoms with Gasteiger partial charge in [0.05, 0.1) is 12.7 Å². The van der Waals surface area contributed by atoms with Gasteiger partial charge < -0.3 is 4.42 Å². The zero-order valence-corrected chi connectivity index (χ0v) is 11.5. The SMILES string of the molecule is CC1CCN(Cc2ncc(C(C)(C)C)o2)CC1. The molecule has 0 aliphatic carbocycles. The van der Waals surface area contributed by atoms with Gasteiger partial charge in [-0.2, -0.15) is 0 Å². The summed E-state index contributed by atoms with van der Waals surface area (Å²) in [6.07, 6.45) is 4.47. The molecule has 0 spiro atoms. The van der Waals surface area contributed by atoms with Crippen molar-refractivity contribution in [3.05, 3.63) is 17.8 Å². The van der Waals surface area contributed by atoms with Gasteiger partial charge in [0.1, 0.15) is 5.76 Å². The van der Waals surface area contributed by atoms with Crippen LogP contribution in [0, 0.1) is 5.92 Å². The van der Waals surface area contributed by atoms with E-state index in [4.69, 9.17) is 4.42 Å². The zero-order valence-electron chi connectivity index (χ0n) is 11.5. The van der Waals surface area contributed by atoms with E-state index in [1.165, 1.54) is 25.9 Å². The first-order valence-electron chi connectivity index (χ1n) is 6.62. The van der Waals surface area contributed by atoms with Crippen molar-refractivity contribution in [1.82, 2.24) is 9.88 Å². The first kappa shape index (κ1) is 12.6. The van der Waals surface area contributed by atoms with Gasteiger partial charge >= 0.3 is 0 Å². The van der Waals surface area contributed by atoms with Crippen molar-refractivity contribution in [2.24, 2.45) is 5.92 Å². The lowest BCUT2D eigenvalue weighted by atomic mass is 9.94. The van der Waals surface area contributed by atoms with Crippen molar-refractivity contribution in [2.45, 2.75) is 52.5 Å². The van der Waals surface area contributed by atoms with Gasteiger partial charge in [-0.1, -0.05) is 27.7 Å². The Morgan fingerprint density at radius 3 is 2.53 bits per heavy atom. The van der Waals surface area contributed by atoms with Gasteiger partial charge in [-0.25, -0.2) is 4.98 Å². The van der Waals surface area contributed by atoms with Crippen LogP contribution in [0.25, 0.3) is 0 Å². The van der Waals surface area contributed by atoms with Crippen molar-refractivity contribution < 1.29 is 4.42 Å². The molecule has 2 heterocycles. The predicted octanol–water partition coefficient (Wildman–Crippen LogP) is 3.20. The first-order chi connectivity index (χ1) is 7.95. The standard InChI is InChI=1S/C14H24N2O/c1-11-5-7-16(8-6-11)10-13-15-9-12(17-13)14(2,3)4/h9,11H,5-8,10H2,1-4H3. The highest BCUT2D eigenvalue weighted by Crippen LogP contribution is 2.24. The Morgan fingerprint density at radius 1 is 1.35 bits per heavy atom. The smallest absolute Gasteiger partial charge is 0.208 e. The van der Waals surface area contributed by atoms with Crippen molar-refractivity contribution in [3.63, 3.8) is 0 Å². The van der Waals surface area contributed by atoms with Gasteiger partial charge in [-0.05, 0) is 31.8 Å². The molecule has 0 saturated carbocycles. The number of oxazole rings is 1. The number of hydrogen-bond acceptors (Lipinski definition) is 3. The maximum atomic E-state index is 5.82. The Bertz CT molecular complexity index is 357. The monoisotopic (exact) mass is 236 g/mol. The summed E-state index contributed by atoms with van der Waals surface area (Å²) in [5.41, 5.74) is 0.0572. The molecule has 96 valence electrons. The van der Waals surface area contributed by atoms with Crippen LogP contribution in [0.2, 0.25) is 0 Å². The molecule has 1 aliphatic rings. The normalized spacial score (nSPS) is 19.8. The molecule has 0 radical (unpaired) electrons. The first-order valence-corrected chi connectivity index (χ1v) is 6.62. The summed E-state index contributed by atoms with van der Waals surface area (Å²) < 4.78 is 5.82. The van der Waals surface area contributed by atoms with Gasteiger partial charge in [0.15, 0.2) is 0 Å². The van der Waals surface area contributed by atoms with E-state index in [0.717, 1.165) is 24.1 Å². The van der Waals surface area contributed by atoms with Gasteiger partial charge in [-0.15, -0.1) is 0 Å². The van der Waals surface area contributed by atoms with Gasteiger partial charge in [0, 0.05) is 5.41 Å². The summed E-state index contributed by atoms with van der Waals surface area (Å²) in [4.78, 5) is 6.83. The number of rotatable bonds is 2. The summed E-state index contributed by atoms with van der Waals surface area (Å²) in [5.74, 6) is 2.73. The summed E-state index contributed by atoms with van der Waals surface area (Å²) >= 11 is 0. The molecule has 0 N–H and O–H groups in total. The molecule has 1 aliphatic heterocycles. The van der Waals surface area contributed by atoms with Crippen LogP contribution in [0.1, 0.15) is 52.2 Å². The van der Waals surface area contributed by atoms with E-state index in [9.17, 15) is 0 Å². The van der Waals surface area contributed by atoms with Crippen molar-refractivity contribution in [3.8, 4) is 0 Å². The molecular formula is C14H24N2O. The van der Waals surface area contributed by atoms with E-state index in [0.29, 0.717) is 0 Å². The molecule has 1 fully saturated rings. The van der Waals surface area contributed by atoms with E-state index in [2.05, 4.69) is 37.6 Å². The van der Waals surface area contributed by atoms with Crippen LogP contribution in [0.4, 0.5) is 0 Å². The molecule has 17 heavy (non-hydrogen) atoms. The lowest BCUT2D eigenvalue weighted by Gasteiger charge is -2.28. The molecule has 3 heteroatoms. The number of likely N-dealkylation sites (tertiary alicyclic amines) is 1. The molecule has 3 nitrogen and oxygen atoms in total. The zero-order chi connectivity index (χ0) is 12.5. The number of piperidine rings is 1. The highest BCUT2D eigenvalue weighted by molar-refractivity contribution is 5.06. The van der Waals surface area contributed by atoms with Crippen LogP contribution in [0.15, 0.2) is 10.6 Å². The maximum Gasteiger partial charge on any atom is 0.208 e. The minimum Gasteiger partial charge on any atom is -0.444 e. The third-order valence-corrected chi connectivity index (χ3v) is 3.53. The molecular weight excluding hydrogens is 212 g/mol. The Labute approximate surface area is 104 Å². The van der Waals surface area contributed by atoms with Crippen molar-refractivity contribution in [1.29, 1.82) is 0 Å². The summed E-state index contributed by atoms with van der Waals surface area (Å²) in [5, 5.41) is 0. The lowest BCUT2D eigenvalue weighted by molar-refractivity contribution is 0.168. The van der Waals surface area contributed by atoms with Gasteiger partial charge in [-0.3, -0.25) is 4.90 Å². The second-order valence-electron chi connectivity index (χ2n) is 6.33. The van der Waals surface area contributed by atoms with Gasteiger partial charge in [0.2, 0.25) is 5.89 Å². The topological polar surface area (TPSA) is 29.3 Å². The number of hydrogen-bond donors (Lipinski definition) is 0. The second kappa shape index (κ2) is 4.81. The fraction of sp³-hybridized carbons (Fsp3) is 0.786. The Morgan fingerprint density at radius 2 is 2.00 bits per heavy atom. The van der Waals surface area contributed by atoms with Crippen LogP contribution in [0.3, 0.4) is 0 Å². The van der Waals surface area contributed by atoms with E-state index in [-0.39, 0.29) is 5.41 Å². The van der Waals surface area contributed by atoms with Crippen LogP contribution in [0.5, 0.6) is 0 Å². The maximum absolute atomic E-state index is 5.82. The number of nitrogens with zero attached hydrogens (tertiary/aromatic N) is 2. The Hall–Kier alpha value is -0.830. The third kappa shape index (κ3) is 3.32. The van der Waals surface area contributed by atoms with Crippen LogP contribution in [-0.4, -0.2) is 23.0 Å². The van der Waals surface area contributed by atoms with Gasteiger partial charge in [0.25, 0.3) is 0 Å². The quantitative estimate of drug-likeness (QED) is 0.789. The average molecular weight is 236 g/mol. The van der Waals surface area contributed by atoms with E-state index >= 15 is 0 Å².